The molecule has 19 heavy (non-hydrogen) atoms. The summed E-state index contributed by atoms with van der Waals surface area (Å²) in [6, 6.07) is 6.26. The largest absolute Gasteiger partial charge is 0.480 e. The number of carboxylic acids is 1. The van der Waals surface area contributed by atoms with Gasteiger partial charge in [-0.15, -0.1) is 0 Å². The second-order valence-corrected chi connectivity index (χ2v) is 5.26. The Morgan fingerprint density at radius 1 is 1.11 bits per heavy atom. The lowest BCUT2D eigenvalue weighted by molar-refractivity contribution is -0.143. The third kappa shape index (κ3) is 3.25. The van der Waals surface area contributed by atoms with Crippen LogP contribution in [0.25, 0.3) is 0 Å². The quantitative estimate of drug-likeness (QED) is 0.873. The molecule has 0 spiro atoms. The van der Waals surface area contributed by atoms with Crippen LogP contribution in [0.5, 0.6) is 0 Å². The Hall–Kier alpha value is -1.58. The molecule has 0 bridgehead atoms. The van der Waals surface area contributed by atoms with Crippen LogP contribution in [-0.2, 0) is 4.79 Å². The number of carboxylic acid groups (broad SMARTS) is 1. The molecule has 0 radical (unpaired) electrons. The Labute approximate surface area is 112 Å². The molecule has 1 aliphatic rings. The van der Waals surface area contributed by atoms with Gasteiger partial charge in [-0.2, -0.15) is 0 Å². The number of hydrogen-bond acceptors (Lipinski definition) is 2. The van der Waals surface area contributed by atoms with Crippen molar-refractivity contribution in [1.29, 1.82) is 0 Å². The van der Waals surface area contributed by atoms with Crippen molar-refractivity contribution in [2.45, 2.75) is 50.5 Å². The van der Waals surface area contributed by atoms with Crippen molar-refractivity contribution in [3.8, 4) is 0 Å². The molecule has 1 aliphatic carbocycles. The second-order valence-electron chi connectivity index (χ2n) is 5.26. The summed E-state index contributed by atoms with van der Waals surface area (Å²) >= 11 is 0. The van der Waals surface area contributed by atoms with Gasteiger partial charge in [-0.25, -0.2) is 9.18 Å². The molecule has 0 atom stereocenters. The van der Waals surface area contributed by atoms with Crippen molar-refractivity contribution in [1.82, 2.24) is 0 Å². The van der Waals surface area contributed by atoms with E-state index in [9.17, 15) is 14.3 Å². The van der Waals surface area contributed by atoms with Crippen LogP contribution in [0.1, 0.15) is 44.9 Å². The number of carbonyl (C=O) groups is 1. The fraction of sp³-hybridized carbons (Fsp3) is 0.533. The monoisotopic (exact) mass is 265 g/mol. The molecule has 2 N–H and O–H groups in total. The predicted molar refractivity (Wildman–Crippen MR) is 72.7 cm³/mol. The molecule has 0 heterocycles. The molecular formula is C15H20FNO2. The van der Waals surface area contributed by atoms with Crippen LogP contribution in [0, 0.1) is 5.82 Å². The standard InChI is InChI=1S/C15H20FNO2/c16-12-8-4-5-9-13(12)17-15(14(18)19)10-6-2-1-3-7-11-15/h4-5,8-9,17H,1-3,6-7,10-11H2,(H,18,19). The predicted octanol–water partition coefficient (Wildman–Crippen LogP) is 3.81. The van der Waals surface area contributed by atoms with E-state index in [2.05, 4.69) is 5.32 Å². The summed E-state index contributed by atoms with van der Waals surface area (Å²) in [5.74, 6) is -1.28. The molecule has 4 heteroatoms. The van der Waals surface area contributed by atoms with E-state index in [1.54, 1.807) is 18.2 Å². The first kappa shape index (κ1) is 13.8. The van der Waals surface area contributed by atoms with E-state index in [4.69, 9.17) is 0 Å². The van der Waals surface area contributed by atoms with Crippen molar-refractivity contribution in [2.24, 2.45) is 0 Å². The highest BCUT2D eigenvalue weighted by Gasteiger charge is 2.38. The highest BCUT2D eigenvalue weighted by molar-refractivity contribution is 5.82. The summed E-state index contributed by atoms with van der Waals surface area (Å²) in [7, 11) is 0. The first-order chi connectivity index (χ1) is 9.14. The van der Waals surface area contributed by atoms with Gasteiger partial charge in [0.2, 0.25) is 0 Å². The maximum absolute atomic E-state index is 13.7. The van der Waals surface area contributed by atoms with Crippen LogP contribution >= 0.6 is 0 Å². The second kappa shape index (κ2) is 6.04. The Morgan fingerprint density at radius 3 is 2.26 bits per heavy atom. The van der Waals surface area contributed by atoms with E-state index in [0.717, 1.165) is 32.1 Å². The van der Waals surface area contributed by atoms with Gasteiger partial charge in [0.05, 0.1) is 5.69 Å². The van der Waals surface area contributed by atoms with Gasteiger partial charge in [-0.1, -0.05) is 44.2 Å². The Kier molecular flexibility index (Phi) is 4.40. The Bertz CT molecular complexity index is 440. The summed E-state index contributed by atoms with van der Waals surface area (Å²) < 4.78 is 13.7. The van der Waals surface area contributed by atoms with E-state index >= 15 is 0 Å². The molecule has 0 amide bonds. The zero-order valence-electron chi connectivity index (χ0n) is 11.0. The zero-order chi connectivity index (χ0) is 13.7. The minimum absolute atomic E-state index is 0.283. The Morgan fingerprint density at radius 2 is 1.68 bits per heavy atom. The highest BCUT2D eigenvalue weighted by atomic mass is 19.1. The summed E-state index contributed by atoms with van der Waals surface area (Å²) in [5.41, 5.74) is -0.742. The number of para-hydroxylation sites is 1. The van der Waals surface area contributed by atoms with Crippen LogP contribution in [0.15, 0.2) is 24.3 Å². The van der Waals surface area contributed by atoms with Gasteiger partial charge in [-0.05, 0) is 25.0 Å². The number of hydrogen-bond donors (Lipinski definition) is 2. The molecular weight excluding hydrogens is 245 g/mol. The van der Waals surface area contributed by atoms with Crippen LogP contribution in [0.2, 0.25) is 0 Å². The molecule has 1 aromatic rings. The van der Waals surface area contributed by atoms with Gasteiger partial charge in [0, 0.05) is 0 Å². The van der Waals surface area contributed by atoms with E-state index in [1.807, 2.05) is 0 Å². The third-order valence-electron chi connectivity index (χ3n) is 3.86. The molecule has 1 aromatic carbocycles. The maximum atomic E-state index is 13.7. The van der Waals surface area contributed by atoms with Gasteiger partial charge in [0.15, 0.2) is 0 Å². The van der Waals surface area contributed by atoms with Crippen LogP contribution < -0.4 is 5.32 Å². The molecule has 104 valence electrons. The summed E-state index contributed by atoms with van der Waals surface area (Å²) in [4.78, 5) is 11.7. The molecule has 0 aliphatic heterocycles. The van der Waals surface area contributed by atoms with Gasteiger partial charge in [0.25, 0.3) is 0 Å². The van der Waals surface area contributed by atoms with Crippen molar-refractivity contribution in [2.75, 3.05) is 5.32 Å². The number of halogens is 1. The fourth-order valence-corrected chi connectivity index (χ4v) is 2.72. The lowest BCUT2D eigenvalue weighted by Crippen LogP contribution is -2.47. The van der Waals surface area contributed by atoms with Crippen molar-refractivity contribution < 1.29 is 14.3 Å². The first-order valence-electron chi connectivity index (χ1n) is 6.90. The highest BCUT2D eigenvalue weighted by Crippen LogP contribution is 2.31. The van der Waals surface area contributed by atoms with Crippen molar-refractivity contribution in [3.05, 3.63) is 30.1 Å². The Balaban J connectivity index is 2.23. The molecule has 0 aromatic heterocycles. The average molecular weight is 265 g/mol. The SMILES string of the molecule is O=C(O)C1(Nc2ccccc2F)CCCCCCC1. The van der Waals surface area contributed by atoms with Crippen molar-refractivity contribution in [3.63, 3.8) is 0 Å². The summed E-state index contributed by atoms with van der Waals surface area (Å²) in [5, 5.41) is 12.5. The maximum Gasteiger partial charge on any atom is 0.329 e. The molecule has 3 nitrogen and oxygen atoms in total. The van der Waals surface area contributed by atoms with Gasteiger partial charge in [0.1, 0.15) is 11.4 Å². The van der Waals surface area contributed by atoms with E-state index in [-0.39, 0.29) is 5.69 Å². The lowest BCUT2D eigenvalue weighted by Gasteiger charge is -2.33. The van der Waals surface area contributed by atoms with Crippen molar-refractivity contribution >= 4 is 11.7 Å². The van der Waals surface area contributed by atoms with E-state index < -0.39 is 17.3 Å². The van der Waals surface area contributed by atoms with Gasteiger partial charge < -0.3 is 10.4 Å². The van der Waals surface area contributed by atoms with Crippen LogP contribution in [0.4, 0.5) is 10.1 Å². The fourth-order valence-electron chi connectivity index (χ4n) is 2.72. The normalized spacial score (nSPS) is 19.2. The average Bonchev–Trinajstić information content (AvgIpc) is 2.35. The summed E-state index contributed by atoms with van der Waals surface area (Å²) in [6.45, 7) is 0. The number of rotatable bonds is 3. The number of aliphatic carboxylic acids is 1. The zero-order valence-corrected chi connectivity index (χ0v) is 11.0. The minimum Gasteiger partial charge on any atom is -0.480 e. The molecule has 0 unspecified atom stereocenters. The van der Waals surface area contributed by atoms with Crippen LogP contribution in [0.3, 0.4) is 0 Å². The first-order valence-corrected chi connectivity index (χ1v) is 6.90. The number of anilines is 1. The number of nitrogens with one attached hydrogen (secondary N) is 1. The lowest BCUT2D eigenvalue weighted by atomic mass is 9.83. The summed E-state index contributed by atoms with van der Waals surface area (Å²) in [6.07, 6.45) is 6.10. The van der Waals surface area contributed by atoms with E-state index in [1.165, 1.54) is 6.07 Å². The number of benzene rings is 1. The molecule has 1 saturated carbocycles. The topological polar surface area (TPSA) is 49.3 Å². The third-order valence-corrected chi connectivity index (χ3v) is 3.86. The van der Waals surface area contributed by atoms with E-state index in [0.29, 0.717) is 12.8 Å². The molecule has 2 rings (SSSR count). The van der Waals surface area contributed by atoms with Gasteiger partial charge >= 0.3 is 5.97 Å². The smallest absolute Gasteiger partial charge is 0.329 e. The van der Waals surface area contributed by atoms with Crippen LogP contribution in [-0.4, -0.2) is 16.6 Å². The molecule has 1 fully saturated rings. The molecule has 0 saturated heterocycles. The van der Waals surface area contributed by atoms with Gasteiger partial charge in [-0.3, -0.25) is 0 Å². The minimum atomic E-state index is -1.03.